The van der Waals surface area contributed by atoms with E-state index in [4.69, 9.17) is 11.6 Å². The Morgan fingerprint density at radius 2 is 2.15 bits per heavy atom. The van der Waals surface area contributed by atoms with Crippen molar-refractivity contribution < 1.29 is 0 Å². The number of thiophene rings is 1. The van der Waals surface area contributed by atoms with Gasteiger partial charge in [-0.3, -0.25) is 4.68 Å². The summed E-state index contributed by atoms with van der Waals surface area (Å²) < 4.78 is 2.97. The lowest BCUT2D eigenvalue weighted by atomic mass is 10.1. The smallest absolute Gasteiger partial charge is 0.0931 e. The lowest BCUT2D eigenvalue weighted by Gasteiger charge is -2.18. The number of halogens is 1. The summed E-state index contributed by atoms with van der Waals surface area (Å²) in [5, 5.41) is 8.22. The third kappa shape index (κ3) is 3.62. The van der Waals surface area contributed by atoms with Crippen LogP contribution < -0.4 is 5.32 Å². The first kappa shape index (κ1) is 15.5. The van der Waals surface area contributed by atoms with Crippen LogP contribution in [0.2, 0.25) is 4.34 Å². The number of aryl methyl sites for hydroxylation is 2. The van der Waals surface area contributed by atoms with E-state index < -0.39 is 0 Å². The van der Waals surface area contributed by atoms with E-state index in [0.29, 0.717) is 6.04 Å². The molecule has 20 heavy (non-hydrogen) atoms. The van der Waals surface area contributed by atoms with Gasteiger partial charge in [0, 0.05) is 17.8 Å². The van der Waals surface area contributed by atoms with Crippen molar-refractivity contribution in [1.82, 2.24) is 15.1 Å². The zero-order valence-electron chi connectivity index (χ0n) is 12.3. The Bertz CT molecular complexity index is 547. The Labute approximate surface area is 130 Å². The van der Waals surface area contributed by atoms with Gasteiger partial charge in [-0.25, -0.2) is 0 Å². The van der Waals surface area contributed by atoms with E-state index in [9.17, 15) is 0 Å². The van der Waals surface area contributed by atoms with Crippen molar-refractivity contribution in [3.63, 3.8) is 0 Å². The minimum atomic E-state index is 0.294. The summed E-state index contributed by atoms with van der Waals surface area (Å²) in [7, 11) is 0. The zero-order chi connectivity index (χ0) is 14.5. The number of nitrogens with zero attached hydrogens (tertiary/aromatic N) is 2. The molecular weight excluding hydrogens is 290 g/mol. The molecule has 0 aliphatic rings. The minimum absolute atomic E-state index is 0.294. The molecule has 2 aromatic heterocycles. The van der Waals surface area contributed by atoms with Gasteiger partial charge in [-0.05, 0) is 38.1 Å². The maximum Gasteiger partial charge on any atom is 0.0931 e. The van der Waals surface area contributed by atoms with Crippen LogP contribution in [-0.4, -0.2) is 16.3 Å². The van der Waals surface area contributed by atoms with Crippen molar-refractivity contribution in [3.05, 3.63) is 38.8 Å². The van der Waals surface area contributed by atoms with Crippen molar-refractivity contribution in [2.45, 2.75) is 46.2 Å². The molecule has 0 saturated heterocycles. The highest BCUT2D eigenvalue weighted by Crippen LogP contribution is 2.27. The topological polar surface area (TPSA) is 29.9 Å². The highest BCUT2D eigenvalue weighted by molar-refractivity contribution is 7.16. The first-order valence-electron chi connectivity index (χ1n) is 7.22. The molecule has 0 fully saturated rings. The molecule has 2 rings (SSSR count). The molecule has 0 amide bonds. The normalized spacial score (nSPS) is 12.8. The van der Waals surface area contributed by atoms with Gasteiger partial charge >= 0.3 is 0 Å². The number of likely N-dealkylation sites (N-methyl/N-ethyl adjacent to an activating group) is 1. The number of aromatic nitrogens is 2. The molecule has 2 heterocycles. The van der Waals surface area contributed by atoms with Crippen LogP contribution in [-0.2, 0) is 19.4 Å². The van der Waals surface area contributed by atoms with Crippen molar-refractivity contribution in [2.24, 2.45) is 0 Å². The van der Waals surface area contributed by atoms with Crippen molar-refractivity contribution in [3.8, 4) is 0 Å². The second-order valence-electron chi connectivity index (χ2n) is 4.75. The summed E-state index contributed by atoms with van der Waals surface area (Å²) in [5.41, 5.74) is 2.43. The van der Waals surface area contributed by atoms with Crippen LogP contribution in [0.5, 0.6) is 0 Å². The maximum atomic E-state index is 6.03. The van der Waals surface area contributed by atoms with E-state index in [-0.39, 0.29) is 0 Å². The third-order valence-corrected chi connectivity index (χ3v) is 4.62. The van der Waals surface area contributed by atoms with Gasteiger partial charge in [0.2, 0.25) is 0 Å². The second-order valence-corrected chi connectivity index (χ2v) is 6.55. The van der Waals surface area contributed by atoms with Crippen molar-refractivity contribution in [1.29, 1.82) is 0 Å². The van der Waals surface area contributed by atoms with E-state index in [1.54, 1.807) is 11.3 Å². The molecule has 5 heteroatoms. The number of hydrogen-bond acceptors (Lipinski definition) is 3. The highest BCUT2D eigenvalue weighted by atomic mass is 35.5. The predicted molar refractivity (Wildman–Crippen MR) is 86.7 cm³/mol. The molecule has 1 N–H and O–H groups in total. The van der Waals surface area contributed by atoms with Gasteiger partial charge in [0.05, 0.1) is 21.8 Å². The highest BCUT2D eigenvalue weighted by Gasteiger charge is 2.18. The van der Waals surface area contributed by atoms with E-state index in [1.807, 2.05) is 6.07 Å². The fourth-order valence-electron chi connectivity index (χ4n) is 2.38. The van der Waals surface area contributed by atoms with Gasteiger partial charge in [-0.15, -0.1) is 11.3 Å². The number of rotatable bonds is 7. The molecule has 2 aromatic rings. The average molecular weight is 312 g/mol. The van der Waals surface area contributed by atoms with Gasteiger partial charge in [-0.1, -0.05) is 25.4 Å². The standard InChI is InChI=1S/C15H22ClN3S/c1-4-11-9-14(19(6-3)18-11)13(17-5-2)10-12-7-8-15(16)20-12/h7-9,13,17H,4-6,10H2,1-3H3. The first-order valence-corrected chi connectivity index (χ1v) is 8.41. The zero-order valence-corrected chi connectivity index (χ0v) is 13.9. The Balaban J connectivity index is 2.25. The summed E-state index contributed by atoms with van der Waals surface area (Å²) in [6.07, 6.45) is 1.93. The fourth-order valence-corrected chi connectivity index (χ4v) is 3.52. The largest absolute Gasteiger partial charge is 0.309 e. The maximum absolute atomic E-state index is 6.03. The molecule has 0 aliphatic carbocycles. The van der Waals surface area contributed by atoms with E-state index in [1.165, 1.54) is 10.6 Å². The molecule has 0 aliphatic heterocycles. The van der Waals surface area contributed by atoms with Crippen molar-refractivity contribution >= 4 is 22.9 Å². The van der Waals surface area contributed by atoms with Crippen LogP contribution in [0.25, 0.3) is 0 Å². The van der Waals surface area contributed by atoms with Crippen LogP contribution in [0.1, 0.15) is 43.1 Å². The number of nitrogens with one attached hydrogen (secondary N) is 1. The Kier molecular flexibility index (Phi) is 5.64. The quantitative estimate of drug-likeness (QED) is 0.835. The molecule has 3 nitrogen and oxygen atoms in total. The molecule has 1 unspecified atom stereocenters. The molecule has 110 valence electrons. The van der Waals surface area contributed by atoms with E-state index in [2.05, 4.69) is 48.0 Å². The Morgan fingerprint density at radius 1 is 1.35 bits per heavy atom. The summed E-state index contributed by atoms with van der Waals surface area (Å²) in [5.74, 6) is 0. The predicted octanol–water partition coefficient (Wildman–Crippen LogP) is 4.07. The fraction of sp³-hybridized carbons (Fsp3) is 0.533. The summed E-state index contributed by atoms with van der Waals surface area (Å²) in [6, 6.07) is 6.61. The molecule has 0 saturated carbocycles. The van der Waals surface area contributed by atoms with Crippen LogP contribution in [0, 0.1) is 0 Å². The monoisotopic (exact) mass is 311 g/mol. The van der Waals surface area contributed by atoms with Gasteiger partial charge in [-0.2, -0.15) is 5.10 Å². The third-order valence-electron chi connectivity index (χ3n) is 3.37. The first-order chi connectivity index (χ1) is 9.67. The molecular formula is C15H22ClN3S. The average Bonchev–Trinajstić information content (AvgIpc) is 3.04. The lowest BCUT2D eigenvalue weighted by Crippen LogP contribution is -2.25. The lowest BCUT2D eigenvalue weighted by molar-refractivity contribution is 0.491. The molecule has 1 atom stereocenters. The summed E-state index contributed by atoms with van der Waals surface area (Å²) >= 11 is 7.69. The van der Waals surface area contributed by atoms with Gasteiger partial charge < -0.3 is 5.32 Å². The molecule has 0 spiro atoms. The van der Waals surface area contributed by atoms with E-state index in [0.717, 1.165) is 36.0 Å². The van der Waals surface area contributed by atoms with Gasteiger partial charge in [0.25, 0.3) is 0 Å². The SMILES string of the molecule is CCNC(Cc1ccc(Cl)s1)c1cc(CC)nn1CC. The van der Waals surface area contributed by atoms with Gasteiger partial charge in [0.15, 0.2) is 0 Å². The summed E-state index contributed by atoms with van der Waals surface area (Å²) in [6.45, 7) is 8.28. The van der Waals surface area contributed by atoms with Crippen LogP contribution in [0.3, 0.4) is 0 Å². The van der Waals surface area contributed by atoms with E-state index >= 15 is 0 Å². The van der Waals surface area contributed by atoms with Crippen LogP contribution >= 0.6 is 22.9 Å². The second kappa shape index (κ2) is 7.25. The molecule has 0 aromatic carbocycles. The Morgan fingerprint density at radius 3 is 2.70 bits per heavy atom. The van der Waals surface area contributed by atoms with Crippen LogP contribution in [0.15, 0.2) is 18.2 Å². The molecule has 0 radical (unpaired) electrons. The van der Waals surface area contributed by atoms with Crippen LogP contribution in [0.4, 0.5) is 0 Å². The minimum Gasteiger partial charge on any atom is -0.309 e. The van der Waals surface area contributed by atoms with Gasteiger partial charge in [0.1, 0.15) is 0 Å². The van der Waals surface area contributed by atoms with Crippen molar-refractivity contribution in [2.75, 3.05) is 6.54 Å². The Hall–Kier alpha value is -0.840. The summed E-state index contributed by atoms with van der Waals surface area (Å²) in [4.78, 5) is 1.31. The molecule has 0 bridgehead atoms. The number of hydrogen-bond donors (Lipinski definition) is 1.